The molecule has 0 unspecified atom stereocenters. The number of nitrogens with zero attached hydrogens (tertiary/aromatic N) is 1. The van der Waals surface area contributed by atoms with Gasteiger partial charge in [-0.1, -0.05) is 53.5 Å². The molecule has 1 heterocycles. The molecule has 1 aliphatic rings. The second kappa shape index (κ2) is 8.97. The van der Waals surface area contributed by atoms with Crippen molar-refractivity contribution in [2.24, 2.45) is 0 Å². The summed E-state index contributed by atoms with van der Waals surface area (Å²) in [6.07, 6.45) is 0.872. The molecule has 3 rings (SSSR count). The summed E-state index contributed by atoms with van der Waals surface area (Å²) in [6.45, 7) is 2.01. The fourth-order valence-electron chi connectivity index (χ4n) is 3.63. The molecule has 0 aliphatic carbocycles. The number of amides is 1. The van der Waals surface area contributed by atoms with E-state index < -0.39 is 23.8 Å². The first-order valence-corrected chi connectivity index (χ1v) is 10.1. The molecular weight excluding hydrogens is 413 g/mol. The standard InChI is InChI=1S/C22H21Cl2NO4/c1-15(26)25-11-9-22(10-12-25,16-5-3-2-4-6-16)21(28)29-14-20(27)18-8-7-17(23)13-19(18)24/h2-8,13H,9-12,14H2,1H3. The van der Waals surface area contributed by atoms with Crippen LogP contribution in [0.5, 0.6) is 0 Å². The predicted molar refractivity (Wildman–Crippen MR) is 111 cm³/mol. The Bertz CT molecular complexity index is 922. The number of ketones is 1. The van der Waals surface area contributed by atoms with E-state index in [9.17, 15) is 14.4 Å². The number of likely N-dealkylation sites (tertiary alicyclic amines) is 1. The van der Waals surface area contributed by atoms with Gasteiger partial charge in [-0.15, -0.1) is 0 Å². The smallest absolute Gasteiger partial charge is 0.317 e. The van der Waals surface area contributed by atoms with Crippen LogP contribution in [0.25, 0.3) is 0 Å². The van der Waals surface area contributed by atoms with Gasteiger partial charge in [0, 0.05) is 30.6 Å². The first kappa shape index (κ1) is 21.3. The summed E-state index contributed by atoms with van der Waals surface area (Å²) >= 11 is 11.9. The van der Waals surface area contributed by atoms with Crippen LogP contribution >= 0.6 is 23.2 Å². The van der Waals surface area contributed by atoms with Crippen LogP contribution in [0.2, 0.25) is 10.0 Å². The summed E-state index contributed by atoms with van der Waals surface area (Å²) in [5.41, 5.74) is 0.186. The predicted octanol–water partition coefficient (Wildman–Crippen LogP) is 4.30. The van der Waals surface area contributed by atoms with E-state index in [1.807, 2.05) is 30.3 Å². The maximum absolute atomic E-state index is 13.1. The summed E-state index contributed by atoms with van der Waals surface area (Å²) in [4.78, 5) is 39.0. The molecule has 0 N–H and O–H groups in total. The van der Waals surface area contributed by atoms with Crippen LogP contribution in [-0.4, -0.2) is 42.3 Å². The monoisotopic (exact) mass is 433 g/mol. The minimum atomic E-state index is -0.892. The number of ether oxygens (including phenoxy) is 1. The zero-order valence-corrected chi connectivity index (χ0v) is 17.5. The Balaban J connectivity index is 1.77. The molecule has 1 aliphatic heterocycles. The summed E-state index contributed by atoms with van der Waals surface area (Å²) in [5, 5.41) is 0.634. The summed E-state index contributed by atoms with van der Waals surface area (Å²) in [6, 6.07) is 13.9. The molecule has 1 saturated heterocycles. The lowest BCUT2D eigenvalue weighted by Gasteiger charge is -2.40. The molecule has 0 radical (unpaired) electrons. The van der Waals surface area contributed by atoms with E-state index in [0.29, 0.717) is 31.0 Å². The maximum atomic E-state index is 13.1. The Kier molecular flexibility index (Phi) is 6.60. The minimum Gasteiger partial charge on any atom is -0.457 e. The van der Waals surface area contributed by atoms with Crippen LogP contribution in [0.3, 0.4) is 0 Å². The summed E-state index contributed by atoms with van der Waals surface area (Å²) in [7, 11) is 0. The molecule has 0 aromatic heterocycles. The lowest BCUT2D eigenvalue weighted by molar-refractivity contribution is -0.153. The van der Waals surface area contributed by atoms with Crippen molar-refractivity contribution in [3.63, 3.8) is 0 Å². The molecule has 0 spiro atoms. The Morgan fingerprint density at radius 2 is 1.69 bits per heavy atom. The fourth-order valence-corrected chi connectivity index (χ4v) is 4.15. The van der Waals surface area contributed by atoms with Gasteiger partial charge in [-0.2, -0.15) is 0 Å². The van der Waals surface area contributed by atoms with Gasteiger partial charge in [0.2, 0.25) is 11.7 Å². The van der Waals surface area contributed by atoms with Crippen molar-refractivity contribution >= 4 is 40.9 Å². The number of benzene rings is 2. The molecule has 152 valence electrons. The molecule has 2 aromatic rings. The van der Waals surface area contributed by atoms with Crippen LogP contribution in [0.4, 0.5) is 0 Å². The quantitative estimate of drug-likeness (QED) is 0.520. The van der Waals surface area contributed by atoms with Crippen LogP contribution in [0.15, 0.2) is 48.5 Å². The van der Waals surface area contributed by atoms with Crippen molar-refractivity contribution in [2.75, 3.05) is 19.7 Å². The molecule has 7 heteroatoms. The van der Waals surface area contributed by atoms with Crippen molar-refractivity contribution in [1.29, 1.82) is 0 Å². The maximum Gasteiger partial charge on any atom is 0.317 e. The number of halogens is 2. The largest absolute Gasteiger partial charge is 0.457 e. The Hall–Kier alpha value is -2.37. The second-order valence-corrected chi connectivity index (χ2v) is 7.92. The number of esters is 1. The van der Waals surface area contributed by atoms with Gasteiger partial charge in [-0.05, 0) is 36.6 Å². The molecule has 29 heavy (non-hydrogen) atoms. The molecule has 0 saturated carbocycles. The molecule has 5 nitrogen and oxygen atoms in total. The summed E-state index contributed by atoms with van der Waals surface area (Å²) in [5.74, 6) is -0.887. The van der Waals surface area contributed by atoms with Crippen molar-refractivity contribution < 1.29 is 19.1 Å². The third kappa shape index (κ3) is 4.62. The van der Waals surface area contributed by atoms with Gasteiger partial charge in [0.05, 0.1) is 10.4 Å². The highest BCUT2D eigenvalue weighted by atomic mass is 35.5. The van der Waals surface area contributed by atoms with E-state index in [0.717, 1.165) is 5.56 Å². The number of Topliss-reactive ketones (excluding diaryl/α,β-unsaturated/α-hetero) is 1. The molecule has 2 aromatic carbocycles. The van der Waals surface area contributed by atoms with E-state index in [4.69, 9.17) is 27.9 Å². The fraction of sp³-hybridized carbons (Fsp3) is 0.318. The van der Waals surface area contributed by atoms with Crippen molar-refractivity contribution in [3.8, 4) is 0 Å². The van der Waals surface area contributed by atoms with Gasteiger partial charge in [0.15, 0.2) is 6.61 Å². The topological polar surface area (TPSA) is 63.7 Å². The normalized spacial score (nSPS) is 15.6. The highest BCUT2D eigenvalue weighted by Gasteiger charge is 2.44. The van der Waals surface area contributed by atoms with Crippen LogP contribution in [0, 0.1) is 0 Å². The highest BCUT2D eigenvalue weighted by Crippen LogP contribution is 2.37. The third-order valence-corrected chi connectivity index (χ3v) is 5.89. The zero-order chi connectivity index (χ0) is 21.0. The molecule has 0 atom stereocenters. The van der Waals surface area contributed by atoms with Gasteiger partial charge in [-0.25, -0.2) is 0 Å². The van der Waals surface area contributed by atoms with Gasteiger partial charge in [0.1, 0.15) is 0 Å². The second-order valence-electron chi connectivity index (χ2n) is 7.08. The van der Waals surface area contributed by atoms with E-state index in [1.165, 1.54) is 19.1 Å². The highest BCUT2D eigenvalue weighted by molar-refractivity contribution is 6.36. The first-order chi connectivity index (χ1) is 13.8. The van der Waals surface area contributed by atoms with Crippen LogP contribution in [-0.2, 0) is 19.7 Å². The lowest BCUT2D eigenvalue weighted by atomic mass is 9.72. The van der Waals surface area contributed by atoms with E-state index in [-0.39, 0.29) is 16.5 Å². The number of hydrogen-bond acceptors (Lipinski definition) is 4. The van der Waals surface area contributed by atoms with E-state index in [2.05, 4.69) is 0 Å². The number of hydrogen-bond donors (Lipinski definition) is 0. The number of carbonyl (C=O) groups is 3. The van der Waals surface area contributed by atoms with Crippen molar-refractivity contribution in [2.45, 2.75) is 25.2 Å². The first-order valence-electron chi connectivity index (χ1n) is 9.30. The molecule has 1 amide bonds. The lowest BCUT2D eigenvalue weighted by Crippen LogP contribution is -2.49. The van der Waals surface area contributed by atoms with Crippen LogP contribution < -0.4 is 0 Å². The Morgan fingerprint density at radius 3 is 2.28 bits per heavy atom. The Morgan fingerprint density at radius 1 is 1.03 bits per heavy atom. The molecule has 1 fully saturated rings. The third-order valence-electron chi connectivity index (χ3n) is 5.35. The Labute approximate surface area is 179 Å². The van der Waals surface area contributed by atoms with Crippen molar-refractivity contribution in [1.82, 2.24) is 4.90 Å². The zero-order valence-electron chi connectivity index (χ0n) is 16.0. The van der Waals surface area contributed by atoms with Gasteiger partial charge in [-0.3, -0.25) is 14.4 Å². The van der Waals surface area contributed by atoms with E-state index in [1.54, 1.807) is 11.0 Å². The average Bonchev–Trinajstić information content (AvgIpc) is 2.72. The van der Waals surface area contributed by atoms with Gasteiger partial charge >= 0.3 is 5.97 Å². The number of rotatable bonds is 5. The SMILES string of the molecule is CC(=O)N1CCC(C(=O)OCC(=O)c2ccc(Cl)cc2Cl)(c2ccccc2)CC1. The average molecular weight is 434 g/mol. The van der Waals surface area contributed by atoms with Crippen LogP contribution in [0.1, 0.15) is 35.7 Å². The number of carbonyl (C=O) groups excluding carboxylic acids is 3. The molecule has 0 bridgehead atoms. The van der Waals surface area contributed by atoms with Crippen molar-refractivity contribution in [3.05, 3.63) is 69.7 Å². The van der Waals surface area contributed by atoms with Gasteiger partial charge < -0.3 is 9.64 Å². The van der Waals surface area contributed by atoms with Gasteiger partial charge in [0.25, 0.3) is 0 Å². The number of piperidine rings is 1. The van der Waals surface area contributed by atoms with E-state index >= 15 is 0 Å². The summed E-state index contributed by atoms with van der Waals surface area (Å²) < 4.78 is 5.45. The minimum absolute atomic E-state index is 0.0208. The molecular formula is C22H21Cl2NO4.